The van der Waals surface area contributed by atoms with Crippen molar-refractivity contribution in [3.63, 3.8) is 0 Å². The number of hydrogen-bond acceptors (Lipinski definition) is 1. The van der Waals surface area contributed by atoms with Gasteiger partial charge in [-0.1, -0.05) is 33.8 Å². The topological polar surface area (TPSA) is 12.9 Å². The van der Waals surface area contributed by atoms with Crippen molar-refractivity contribution in [3.05, 3.63) is 42.2 Å². The summed E-state index contributed by atoms with van der Waals surface area (Å²) >= 11 is 0. The Balaban J connectivity index is 0.000000583. The lowest BCUT2D eigenvalue weighted by atomic mass is 10.0. The maximum atomic E-state index is 4.32. The summed E-state index contributed by atoms with van der Waals surface area (Å²) in [5.74, 6) is 1.13. The van der Waals surface area contributed by atoms with Crippen LogP contribution in [-0.2, 0) is 0 Å². The van der Waals surface area contributed by atoms with Crippen LogP contribution in [0.2, 0.25) is 0 Å². The van der Waals surface area contributed by atoms with Crippen molar-refractivity contribution < 1.29 is 0 Å². The van der Waals surface area contributed by atoms with E-state index in [0.717, 1.165) is 0 Å². The summed E-state index contributed by atoms with van der Waals surface area (Å²) in [6.45, 7) is 14.0. The molecule has 0 atom stereocenters. The summed E-state index contributed by atoms with van der Waals surface area (Å²) < 4.78 is 0. The van der Waals surface area contributed by atoms with Gasteiger partial charge in [-0.15, -0.1) is 6.58 Å². The van der Waals surface area contributed by atoms with Crippen LogP contribution in [0.3, 0.4) is 0 Å². The predicted octanol–water partition coefficient (Wildman–Crippen LogP) is 4.52. The van der Waals surface area contributed by atoms with Crippen LogP contribution in [0.4, 0.5) is 0 Å². The van der Waals surface area contributed by atoms with Gasteiger partial charge in [0.25, 0.3) is 0 Å². The third-order valence-electron chi connectivity index (χ3n) is 2.06. The molecule has 15 heavy (non-hydrogen) atoms. The fourth-order valence-electron chi connectivity index (χ4n) is 1.14. The third kappa shape index (κ3) is 5.36. The number of aromatic nitrogens is 1. The van der Waals surface area contributed by atoms with Crippen LogP contribution >= 0.6 is 0 Å². The molecular weight excluding hydrogens is 182 g/mol. The first-order chi connectivity index (χ1) is 7.02. The van der Waals surface area contributed by atoms with Crippen molar-refractivity contribution >= 4 is 0 Å². The van der Waals surface area contributed by atoms with E-state index in [2.05, 4.69) is 51.4 Å². The van der Waals surface area contributed by atoms with Crippen molar-refractivity contribution in [3.8, 4) is 0 Å². The van der Waals surface area contributed by atoms with Crippen molar-refractivity contribution in [2.45, 2.75) is 46.5 Å². The minimum Gasteiger partial charge on any atom is -0.261 e. The lowest BCUT2D eigenvalue weighted by molar-refractivity contribution is 0.799. The Morgan fingerprint density at radius 3 is 2.13 bits per heavy atom. The Kier molecular flexibility index (Phi) is 6.68. The van der Waals surface area contributed by atoms with Gasteiger partial charge in [0.15, 0.2) is 0 Å². The van der Waals surface area contributed by atoms with Gasteiger partial charge >= 0.3 is 0 Å². The first kappa shape index (κ1) is 13.9. The molecule has 0 saturated heterocycles. The van der Waals surface area contributed by atoms with Crippen LogP contribution in [0, 0.1) is 0 Å². The highest BCUT2D eigenvalue weighted by Gasteiger charge is 2.03. The van der Waals surface area contributed by atoms with Crippen LogP contribution < -0.4 is 0 Å². The molecule has 0 bridgehead atoms. The molecule has 0 N–H and O–H groups in total. The van der Waals surface area contributed by atoms with Crippen molar-refractivity contribution in [1.82, 2.24) is 4.98 Å². The fourth-order valence-corrected chi connectivity index (χ4v) is 1.14. The number of allylic oxidation sites excluding steroid dienone is 1. The number of nitrogens with zero attached hydrogens (tertiary/aromatic N) is 1. The average molecular weight is 205 g/mol. The summed E-state index contributed by atoms with van der Waals surface area (Å²) in [6.07, 6.45) is 3.66. The number of rotatable bonds is 2. The molecule has 0 fully saturated rings. The first-order valence-corrected chi connectivity index (χ1v) is 5.55. The minimum atomic E-state index is 0.531. The molecule has 0 aromatic carbocycles. The number of pyridine rings is 1. The van der Waals surface area contributed by atoms with Crippen LogP contribution in [0.1, 0.15) is 57.7 Å². The first-order valence-electron chi connectivity index (χ1n) is 5.55. The predicted molar refractivity (Wildman–Crippen MR) is 68.3 cm³/mol. The van der Waals surface area contributed by atoms with Gasteiger partial charge in [-0.25, -0.2) is 0 Å². The van der Waals surface area contributed by atoms with Crippen LogP contribution in [0.15, 0.2) is 31.0 Å². The van der Waals surface area contributed by atoms with Gasteiger partial charge in [0.2, 0.25) is 0 Å². The molecule has 0 aliphatic carbocycles. The molecule has 0 aliphatic rings. The zero-order valence-corrected chi connectivity index (χ0v) is 10.6. The average Bonchev–Trinajstić information content (AvgIpc) is 2.19. The molecule has 84 valence electrons. The zero-order chi connectivity index (χ0) is 11.8. The van der Waals surface area contributed by atoms with E-state index in [1.807, 2.05) is 13.1 Å². The van der Waals surface area contributed by atoms with E-state index >= 15 is 0 Å². The van der Waals surface area contributed by atoms with Gasteiger partial charge in [-0.05, 0) is 36.5 Å². The summed E-state index contributed by atoms with van der Waals surface area (Å²) in [4.78, 5) is 4.32. The molecule has 1 nitrogen and oxygen atoms in total. The Hall–Kier alpha value is -1.11. The highest BCUT2D eigenvalue weighted by atomic mass is 14.7. The molecule has 1 heteroatoms. The largest absolute Gasteiger partial charge is 0.261 e. The molecule has 1 heterocycles. The van der Waals surface area contributed by atoms with Crippen LogP contribution in [0.25, 0.3) is 0 Å². The quantitative estimate of drug-likeness (QED) is 0.647. The van der Waals surface area contributed by atoms with Gasteiger partial charge in [0, 0.05) is 11.9 Å². The van der Waals surface area contributed by atoms with Crippen LogP contribution in [0.5, 0.6) is 0 Å². The van der Waals surface area contributed by atoms with Gasteiger partial charge in [-0.2, -0.15) is 0 Å². The molecule has 0 radical (unpaired) electrons. The molecule has 1 aromatic rings. The van der Waals surface area contributed by atoms with E-state index in [1.165, 1.54) is 11.3 Å². The summed E-state index contributed by atoms with van der Waals surface area (Å²) in [5.41, 5.74) is 2.58. The normalized spacial score (nSPS) is 9.80. The summed E-state index contributed by atoms with van der Waals surface area (Å²) in [6, 6.07) is 4.30. The van der Waals surface area contributed by atoms with Gasteiger partial charge < -0.3 is 0 Å². The lowest BCUT2D eigenvalue weighted by Gasteiger charge is -2.08. The standard InChI is InChI=1S/C11H17N.C3H6/c1-8(2)10-5-6-12-11(7-10)9(3)4;1-3-2/h5-9H,1-4H3;3H,1H2,2H3. The van der Waals surface area contributed by atoms with E-state index in [1.54, 1.807) is 6.08 Å². The smallest absolute Gasteiger partial charge is 0.0431 e. The molecule has 0 amide bonds. The molecule has 0 aliphatic heterocycles. The van der Waals surface area contributed by atoms with Gasteiger partial charge in [-0.3, -0.25) is 4.98 Å². The maximum Gasteiger partial charge on any atom is 0.0431 e. The second-order valence-electron chi connectivity index (χ2n) is 4.23. The highest BCUT2D eigenvalue weighted by molar-refractivity contribution is 5.21. The Bertz CT molecular complexity index is 264. The SMILES string of the molecule is C=CC.CC(C)c1ccnc(C(C)C)c1. The Labute approximate surface area is 94.3 Å². The van der Waals surface area contributed by atoms with Crippen molar-refractivity contribution in [2.75, 3.05) is 0 Å². The second-order valence-corrected chi connectivity index (χ2v) is 4.23. The highest BCUT2D eigenvalue weighted by Crippen LogP contribution is 2.18. The molecule has 0 saturated carbocycles. The van der Waals surface area contributed by atoms with E-state index < -0.39 is 0 Å². The van der Waals surface area contributed by atoms with E-state index in [4.69, 9.17) is 0 Å². The van der Waals surface area contributed by atoms with Gasteiger partial charge in [0.1, 0.15) is 0 Å². The fraction of sp³-hybridized carbons (Fsp3) is 0.500. The molecular formula is C14H23N. The Morgan fingerprint density at radius 2 is 1.73 bits per heavy atom. The van der Waals surface area contributed by atoms with Crippen molar-refractivity contribution in [1.29, 1.82) is 0 Å². The third-order valence-corrected chi connectivity index (χ3v) is 2.06. The van der Waals surface area contributed by atoms with Crippen LogP contribution in [-0.4, -0.2) is 4.98 Å². The molecule has 0 unspecified atom stereocenters. The molecule has 0 spiro atoms. The Morgan fingerprint density at radius 1 is 1.20 bits per heavy atom. The van der Waals surface area contributed by atoms with Crippen molar-refractivity contribution in [2.24, 2.45) is 0 Å². The second kappa shape index (κ2) is 7.22. The monoisotopic (exact) mass is 205 g/mol. The lowest BCUT2D eigenvalue weighted by Crippen LogP contribution is -1.95. The van der Waals surface area contributed by atoms with E-state index in [0.29, 0.717) is 11.8 Å². The van der Waals surface area contributed by atoms with E-state index in [-0.39, 0.29) is 0 Å². The van der Waals surface area contributed by atoms with E-state index in [9.17, 15) is 0 Å². The maximum absolute atomic E-state index is 4.32. The summed E-state index contributed by atoms with van der Waals surface area (Å²) in [7, 11) is 0. The van der Waals surface area contributed by atoms with Gasteiger partial charge in [0.05, 0.1) is 0 Å². The molecule has 1 rings (SSSR count). The number of hydrogen-bond donors (Lipinski definition) is 0. The minimum absolute atomic E-state index is 0.531. The zero-order valence-electron chi connectivity index (χ0n) is 10.6. The summed E-state index contributed by atoms with van der Waals surface area (Å²) in [5, 5.41) is 0. The molecule has 1 aromatic heterocycles.